The maximum Gasteiger partial charge on any atom is 0.258 e. The van der Waals surface area contributed by atoms with Crippen LogP contribution in [0.1, 0.15) is 32.6 Å². The Morgan fingerprint density at radius 1 is 1.10 bits per heavy atom. The Morgan fingerprint density at radius 2 is 1.70 bits per heavy atom. The molecule has 1 heterocycles. The van der Waals surface area contributed by atoms with Crippen LogP contribution in [0, 0.1) is 0 Å². The number of ether oxygens (including phenoxy) is 1. The van der Waals surface area contributed by atoms with Crippen molar-refractivity contribution in [2.24, 2.45) is 7.05 Å². The molecule has 160 valence electrons. The lowest BCUT2D eigenvalue weighted by molar-refractivity contribution is -0.254. The molecule has 30 heavy (non-hydrogen) atoms. The third-order valence-corrected chi connectivity index (χ3v) is 4.76. The summed E-state index contributed by atoms with van der Waals surface area (Å²) in [6, 6.07) is 12.8. The van der Waals surface area contributed by atoms with Gasteiger partial charge in [-0.15, -0.1) is 0 Å². The minimum Gasteiger partial charge on any atom is -0.400 e. The van der Waals surface area contributed by atoms with Gasteiger partial charge in [-0.3, -0.25) is 4.79 Å². The van der Waals surface area contributed by atoms with Gasteiger partial charge < -0.3 is 24.9 Å². The highest BCUT2D eigenvalue weighted by Crippen LogP contribution is 2.36. The van der Waals surface area contributed by atoms with Crippen molar-refractivity contribution in [3.05, 3.63) is 63.5 Å². The van der Waals surface area contributed by atoms with E-state index in [0.717, 1.165) is 35.6 Å². The molecule has 0 saturated carbocycles. The molecule has 4 N–H and O–H groups in total. The number of aliphatic hydroxyl groups is 1. The molecule has 7 heteroatoms. The molecule has 1 unspecified atom stereocenters. The van der Waals surface area contributed by atoms with Crippen LogP contribution in [0.2, 0.25) is 5.02 Å². The average molecular weight is 432 g/mol. The Hall–Kier alpha value is -2.51. The number of quaternary nitrogens is 1. The Morgan fingerprint density at radius 3 is 2.23 bits per heavy atom. The van der Waals surface area contributed by atoms with Gasteiger partial charge in [-0.1, -0.05) is 23.7 Å². The highest BCUT2D eigenvalue weighted by Gasteiger charge is 2.27. The fourth-order valence-corrected chi connectivity index (χ4v) is 3.49. The highest BCUT2D eigenvalue weighted by molar-refractivity contribution is 6.30. The first kappa shape index (κ1) is 23.8. The normalized spacial score (nSPS) is 12.3. The molecule has 0 aliphatic heterocycles. The van der Waals surface area contributed by atoms with Gasteiger partial charge in [0, 0.05) is 30.8 Å². The number of rotatable bonds is 4. The number of halogens is 1. The number of hydrogen-bond acceptors (Lipinski definition) is 4. The summed E-state index contributed by atoms with van der Waals surface area (Å²) in [7, 11) is 2.66. The molecule has 1 atom stereocenters. The standard InChI is InChI=1S/C22H23ClN2O3.CH4O/c1-22(2,3)28-18(12-26)20-19(13-5-7-14(23)8-6-13)16-10-9-15(24)11-17(16)21(27)25(20)4;1-2/h5-12,18H,24H2,1-4H3;2H,1H3/p+1. The van der Waals surface area contributed by atoms with Crippen LogP contribution < -0.4 is 11.3 Å². The van der Waals surface area contributed by atoms with Crippen molar-refractivity contribution in [1.82, 2.24) is 4.57 Å². The van der Waals surface area contributed by atoms with E-state index in [2.05, 4.69) is 5.73 Å². The predicted octanol–water partition coefficient (Wildman–Crippen LogP) is 3.40. The summed E-state index contributed by atoms with van der Waals surface area (Å²) in [6.45, 7) is 5.62. The van der Waals surface area contributed by atoms with Crippen molar-refractivity contribution < 1.29 is 20.4 Å². The smallest absolute Gasteiger partial charge is 0.258 e. The van der Waals surface area contributed by atoms with Gasteiger partial charge in [-0.2, -0.15) is 0 Å². The summed E-state index contributed by atoms with van der Waals surface area (Å²) in [4.78, 5) is 25.1. The van der Waals surface area contributed by atoms with Crippen LogP contribution in [0.25, 0.3) is 21.9 Å². The van der Waals surface area contributed by atoms with Crippen LogP contribution in [0.15, 0.2) is 47.3 Å². The molecule has 0 bridgehead atoms. The summed E-state index contributed by atoms with van der Waals surface area (Å²) in [5.41, 5.74) is 6.05. The molecule has 0 saturated heterocycles. The first-order valence-corrected chi connectivity index (χ1v) is 9.82. The van der Waals surface area contributed by atoms with E-state index in [1.807, 2.05) is 45.0 Å². The fourth-order valence-electron chi connectivity index (χ4n) is 3.36. The lowest BCUT2D eigenvalue weighted by atomic mass is 9.94. The third kappa shape index (κ3) is 4.96. The lowest BCUT2D eigenvalue weighted by Gasteiger charge is -2.28. The molecule has 6 nitrogen and oxygen atoms in total. The fraction of sp³-hybridized carbons (Fsp3) is 0.304. The molecule has 0 amide bonds. The van der Waals surface area contributed by atoms with E-state index in [4.69, 9.17) is 21.4 Å². The van der Waals surface area contributed by atoms with Gasteiger partial charge in [0.2, 0.25) is 0 Å². The maximum absolute atomic E-state index is 13.1. The molecule has 2 aromatic carbocycles. The van der Waals surface area contributed by atoms with Crippen LogP contribution in [-0.4, -0.2) is 28.7 Å². The van der Waals surface area contributed by atoms with Gasteiger partial charge in [0.05, 0.1) is 16.7 Å². The van der Waals surface area contributed by atoms with E-state index in [0.29, 0.717) is 16.1 Å². The summed E-state index contributed by atoms with van der Waals surface area (Å²) >= 11 is 6.07. The first-order chi connectivity index (χ1) is 14.1. The number of nitrogens with zero attached hydrogens (tertiary/aromatic N) is 1. The molecular weight excluding hydrogens is 404 g/mol. The predicted molar refractivity (Wildman–Crippen MR) is 120 cm³/mol. The van der Waals surface area contributed by atoms with Gasteiger partial charge in [0.15, 0.2) is 12.4 Å². The minimum absolute atomic E-state index is 0.197. The van der Waals surface area contributed by atoms with Crippen LogP contribution >= 0.6 is 11.6 Å². The molecule has 0 fully saturated rings. The quantitative estimate of drug-likeness (QED) is 0.619. The van der Waals surface area contributed by atoms with Crippen molar-refractivity contribution in [1.29, 1.82) is 0 Å². The van der Waals surface area contributed by atoms with Gasteiger partial charge in [0.1, 0.15) is 5.69 Å². The molecule has 3 aromatic rings. The second-order valence-corrected chi connectivity index (χ2v) is 8.23. The second kappa shape index (κ2) is 9.53. The number of aldehydes is 1. The summed E-state index contributed by atoms with van der Waals surface area (Å²) in [5, 5.41) is 8.90. The van der Waals surface area contributed by atoms with Crippen LogP contribution in [0.5, 0.6) is 0 Å². The number of aliphatic hydroxyl groups excluding tert-OH is 1. The average Bonchev–Trinajstić information content (AvgIpc) is 2.71. The zero-order valence-corrected chi connectivity index (χ0v) is 18.7. The first-order valence-electron chi connectivity index (χ1n) is 9.45. The number of fused-ring (bicyclic) bond motifs is 1. The van der Waals surface area contributed by atoms with E-state index in [9.17, 15) is 9.59 Å². The van der Waals surface area contributed by atoms with Crippen LogP contribution in [0.4, 0.5) is 5.69 Å². The summed E-state index contributed by atoms with van der Waals surface area (Å²) in [6.07, 6.45) is -0.159. The SMILES string of the molecule is CO.Cn1c(C(C=O)OC(C)(C)C)c(-c2ccc(Cl)cc2)c2ccc([NH3+])cc2c1=O. The number of carbonyl (C=O) groups excluding carboxylic acids is 1. The topological polar surface area (TPSA) is 96.2 Å². The number of hydrogen-bond donors (Lipinski definition) is 2. The Bertz CT molecular complexity index is 1100. The van der Waals surface area contributed by atoms with E-state index >= 15 is 0 Å². The lowest BCUT2D eigenvalue weighted by Crippen LogP contribution is -2.40. The van der Waals surface area contributed by atoms with Gasteiger partial charge >= 0.3 is 0 Å². The molecular formula is C23H28ClN2O4+. The van der Waals surface area contributed by atoms with E-state index < -0.39 is 11.7 Å². The van der Waals surface area contributed by atoms with Gasteiger partial charge in [-0.25, -0.2) is 0 Å². The molecule has 0 aliphatic rings. The van der Waals surface area contributed by atoms with Gasteiger partial charge in [-0.05, 0) is 56.0 Å². The summed E-state index contributed by atoms with van der Waals surface area (Å²) in [5.74, 6) is 0. The Labute approximate surface area is 180 Å². The molecule has 0 aliphatic carbocycles. The monoisotopic (exact) mass is 431 g/mol. The largest absolute Gasteiger partial charge is 0.400 e. The van der Waals surface area contributed by atoms with Crippen LogP contribution in [-0.2, 0) is 16.6 Å². The zero-order chi connectivity index (χ0) is 22.6. The van der Waals surface area contributed by atoms with Crippen molar-refractivity contribution in [3.63, 3.8) is 0 Å². The second-order valence-electron chi connectivity index (χ2n) is 7.80. The molecule has 0 spiro atoms. The molecule has 3 rings (SSSR count). The Balaban J connectivity index is 0.00000155. The van der Waals surface area contributed by atoms with E-state index in [-0.39, 0.29) is 5.56 Å². The number of carbonyl (C=O) groups is 1. The van der Waals surface area contributed by atoms with Crippen LogP contribution in [0.3, 0.4) is 0 Å². The van der Waals surface area contributed by atoms with E-state index in [1.165, 1.54) is 4.57 Å². The van der Waals surface area contributed by atoms with Crippen molar-refractivity contribution in [2.45, 2.75) is 32.5 Å². The molecule has 1 aromatic heterocycles. The van der Waals surface area contributed by atoms with E-state index in [1.54, 1.807) is 25.2 Å². The number of pyridine rings is 1. The highest BCUT2D eigenvalue weighted by atomic mass is 35.5. The number of benzene rings is 2. The summed E-state index contributed by atoms with van der Waals surface area (Å²) < 4.78 is 7.50. The minimum atomic E-state index is -0.896. The third-order valence-electron chi connectivity index (χ3n) is 4.51. The molecule has 0 radical (unpaired) electrons. The zero-order valence-electron chi connectivity index (χ0n) is 17.9. The van der Waals surface area contributed by atoms with Gasteiger partial charge in [0.25, 0.3) is 5.56 Å². The number of aromatic nitrogens is 1. The van der Waals surface area contributed by atoms with Crippen molar-refractivity contribution in [2.75, 3.05) is 7.11 Å². The van der Waals surface area contributed by atoms with Crippen molar-refractivity contribution >= 4 is 34.3 Å². The Kier molecular flexibility index (Phi) is 7.55. The van der Waals surface area contributed by atoms with Crippen molar-refractivity contribution in [3.8, 4) is 11.1 Å². The maximum atomic E-state index is 13.1.